The molecule has 2 aromatic carbocycles. The summed E-state index contributed by atoms with van der Waals surface area (Å²) >= 11 is 0. The van der Waals surface area contributed by atoms with Gasteiger partial charge in [0.1, 0.15) is 0 Å². The van der Waals surface area contributed by atoms with Crippen LogP contribution in [0, 0.1) is 12.7 Å². The van der Waals surface area contributed by atoms with E-state index in [4.69, 9.17) is 4.74 Å². The van der Waals surface area contributed by atoms with Gasteiger partial charge in [-0.25, -0.2) is 17.1 Å². The van der Waals surface area contributed by atoms with E-state index in [1.807, 2.05) is 0 Å². The molecule has 134 valence electrons. The Kier molecular flexibility index (Phi) is 5.76. The number of carbonyl (C=O) groups excluding carboxylic acids is 1. The van der Waals surface area contributed by atoms with Crippen molar-refractivity contribution in [2.24, 2.45) is 0 Å². The molecule has 8 heteroatoms. The molecule has 1 amide bonds. The monoisotopic (exact) mass is 366 g/mol. The lowest BCUT2D eigenvalue weighted by Gasteiger charge is -2.15. The summed E-state index contributed by atoms with van der Waals surface area (Å²) < 4.78 is 44.2. The SMILES string of the molecule is Cc1ccc(NC(=O)COc2ccccc2F)cc1S(=O)(=O)N(C)C. The van der Waals surface area contributed by atoms with E-state index < -0.39 is 28.4 Å². The minimum absolute atomic E-state index is 0.0302. The van der Waals surface area contributed by atoms with Gasteiger partial charge in [-0.1, -0.05) is 18.2 Å². The minimum Gasteiger partial charge on any atom is -0.481 e. The van der Waals surface area contributed by atoms with E-state index in [0.717, 1.165) is 4.31 Å². The van der Waals surface area contributed by atoms with Crippen LogP contribution in [0.25, 0.3) is 0 Å². The Bertz CT molecular complexity index is 882. The number of hydrogen-bond acceptors (Lipinski definition) is 4. The van der Waals surface area contributed by atoms with E-state index in [1.165, 1.54) is 38.4 Å². The summed E-state index contributed by atoms with van der Waals surface area (Å²) in [4.78, 5) is 12.1. The molecule has 25 heavy (non-hydrogen) atoms. The molecule has 0 saturated heterocycles. The van der Waals surface area contributed by atoms with Crippen LogP contribution in [0.1, 0.15) is 5.56 Å². The molecule has 0 spiro atoms. The fraction of sp³-hybridized carbons (Fsp3) is 0.235. The van der Waals surface area contributed by atoms with Crippen molar-refractivity contribution in [1.29, 1.82) is 0 Å². The third-order valence-electron chi connectivity index (χ3n) is 3.43. The zero-order valence-electron chi connectivity index (χ0n) is 14.1. The van der Waals surface area contributed by atoms with Crippen molar-refractivity contribution in [3.63, 3.8) is 0 Å². The standard InChI is InChI=1S/C17H19FN2O4S/c1-12-8-9-13(10-16(12)25(22,23)20(2)3)19-17(21)11-24-15-7-5-4-6-14(15)18/h4-10H,11H2,1-3H3,(H,19,21). The van der Waals surface area contributed by atoms with Crippen molar-refractivity contribution in [2.45, 2.75) is 11.8 Å². The first kappa shape index (κ1) is 18.9. The lowest BCUT2D eigenvalue weighted by molar-refractivity contribution is -0.118. The second-order valence-corrected chi connectivity index (χ2v) is 7.66. The second-order valence-electron chi connectivity index (χ2n) is 5.53. The highest BCUT2D eigenvalue weighted by molar-refractivity contribution is 7.89. The maximum absolute atomic E-state index is 13.4. The molecule has 0 fully saturated rings. The summed E-state index contributed by atoms with van der Waals surface area (Å²) in [6.07, 6.45) is 0. The van der Waals surface area contributed by atoms with Gasteiger partial charge in [-0.05, 0) is 36.8 Å². The van der Waals surface area contributed by atoms with Gasteiger partial charge < -0.3 is 10.1 Å². The highest BCUT2D eigenvalue weighted by Crippen LogP contribution is 2.22. The average Bonchev–Trinajstić information content (AvgIpc) is 2.55. The first-order chi connectivity index (χ1) is 11.7. The van der Waals surface area contributed by atoms with Crippen molar-refractivity contribution in [3.8, 4) is 5.75 Å². The lowest BCUT2D eigenvalue weighted by atomic mass is 10.2. The van der Waals surface area contributed by atoms with E-state index in [1.54, 1.807) is 25.1 Å². The van der Waals surface area contributed by atoms with Crippen LogP contribution in [0.5, 0.6) is 5.75 Å². The Hall–Kier alpha value is -2.45. The largest absolute Gasteiger partial charge is 0.481 e. The number of para-hydroxylation sites is 1. The van der Waals surface area contributed by atoms with Gasteiger partial charge in [0.15, 0.2) is 18.2 Å². The van der Waals surface area contributed by atoms with E-state index in [0.29, 0.717) is 11.3 Å². The van der Waals surface area contributed by atoms with Crippen LogP contribution in [-0.2, 0) is 14.8 Å². The summed E-state index contributed by atoms with van der Waals surface area (Å²) in [6, 6.07) is 10.3. The van der Waals surface area contributed by atoms with Gasteiger partial charge in [0.2, 0.25) is 10.0 Å². The Morgan fingerprint density at radius 3 is 2.52 bits per heavy atom. The van der Waals surface area contributed by atoms with Gasteiger partial charge in [0.25, 0.3) is 5.91 Å². The summed E-state index contributed by atoms with van der Waals surface area (Å²) in [7, 11) is -0.760. The zero-order valence-corrected chi connectivity index (χ0v) is 14.9. The number of sulfonamides is 1. The van der Waals surface area contributed by atoms with Gasteiger partial charge in [-0.2, -0.15) is 0 Å². The summed E-state index contributed by atoms with van der Waals surface area (Å²) in [5, 5.41) is 2.54. The molecule has 0 atom stereocenters. The smallest absolute Gasteiger partial charge is 0.262 e. The molecular weight excluding hydrogens is 347 g/mol. The Balaban J connectivity index is 2.10. The molecule has 0 aliphatic carbocycles. The number of halogens is 1. The predicted molar refractivity (Wildman–Crippen MR) is 92.6 cm³/mol. The number of carbonyl (C=O) groups is 1. The van der Waals surface area contributed by atoms with Gasteiger partial charge in [0.05, 0.1) is 4.90 Å². The molecule has 0 heterocycles. The number of benzene rings is 2. The highest BCUT2D eigenvalue weighted by atomic mass is 32.2. The average molecular weight is 366 g/mol. The molecule has 6 nitrogen and oxygen atoms in total. The van der Waals surface area contributed by atoms with Crippen LogP contribution in [0.15, 0.2) is 47.4 Å². The van der Waals surface area contributed by atoms with E-state index in [-0.39, 0.29) is 10.6 Å². The molecule has 0 aliphatic rings. The van der Waals surface area contributed by atoms with Crippen LogP contribution in [0.2, 0.25) is 0 Å². The van der Waals surface area contributed by atoms with Gasteiger partial charge in [-0.15, -0.1) is 0 Å². The molecular formula is C17H19FN2O4S. The number of nitrogens with zero attached hydrogens (tertiary/aromatic N) is 1. The number of hydrogen-bond donors (Lipinski definition) is 1. The molecule has 0 radical (unpaired) electrons. The lowest BCUT2D eigenvalue weighted by Crippen LogP contribution is -2.24. The second kappa shape index (κ2) is 7.62. The summed E-state index contributed by atoms with van der Waals surface area (Å²) in [5.41, 5.74) is 0.877. The predicted octanol–water partition coefficient (Wildman–Crippen LogP) is 2.40. The number of anilines is 1. The van der Waals surface area contributed by atoms with Crippen LogP contribution < -0.4 is 10.1 Å². The third-order valence-corrected chi connectivity index (χ3v) is 5.38. The van der Waals surface area contributed by atoms with Gasteiger partial charge in [0, 0.05) is 19.8 Å². The van der Waals surface area contributed by atoms with E-state index in [9.17, 15) is 17.6 Å². The Labute approximate surface area is 146 Å². The third kappa shape index (κ3) is 4.55. The molecule has 0 unspecified atom stereocenters. The fourth-order valence-corrected chi connectivity index (χ4v) is 3.20. The van der Waals surface area contributed by atoms with Crippen LogP contribution >= 0.6 is 0 Å². The molecule has 1 N–H and O–H groups in total. The first-order valence-electron chi connectivity index (χ1n) is 7.42. The molecule has 0 aliphatic heterocycles. The van der Waals surface area contributed by atoms with E-state index in [2.05, 4.69) is 5.32 Å². The fourth-order valence-electron chi connectivity index (χ4n) is 2.05. The maximum atomic E-state index is 13.4. The maximum Gasteiger partial charge on any atom is 0.262 e. The van der Waals surface area contributed by atoms with Crippen LogP contribution in [0.3, 0.4) is 0 Å². The Morgan fingerprint density at radius 1 is 1.20 bits per heavy atom. The number of aryl methyl sites for hydroxylation is 1. The zero-order chi connectivity index (χ0) is 18.6. The normalized spacial score (nSPS) is 11.4. The topological polar surface area (TPSA) is 75.7 Å². The number of amides is 1. The summed E-state index contributed by atoms with van der Waals surface area (Å²) in [5.74, 6) is -1.12. The first-order valence-corrected chi connectivity index (χ1v) is 8.86. The quantitative estimate of drug-likeness (QED) is 0.852. The molecule has 2 aromatic rings. The van der Waals surface area contributed by atoms with Crippen molar-refractivity contribution in [1.82, 2.24) is 4.31 Å². The highest BCUT2D eigenvalue weighted by Gasteiger charge is 2.20. The van der Waals surface area contributed by atoms with Crippen molar-refractivity contribution < 1.29 is 22.3 Å². The molecule has 0 saturated carbocycles. The molecule has 0 bridgehead atoms. The van der Waals surface area contributed by atoms with Crippen molar-refractivity contribution in [2.75, 3.05) is 26.0 Å². The van der Waals surface area contributed by atoms with Crippen LogP contribution in [0.4, 0.5) is 10.1 Å². The van der Waals surface area contributed by atoms with Crippen molar-refractivity contribution >= 4 is 21.6 Å². The van der Waals surface area contributed by atoms with E-state index >= 15 is 0 Å². The number of rotatable bonds is 6. The molecule has 2 rings (SSSR count). The number of ether oxygens (including phenoxy) is 1. The van der Waals surface area contributed by atoms with Crippen molar-refractivity contribution in [3.05, 3.63) is 53.8 Å². The number of nitrogens with one attached hydrogen (secondary N) is 1. The van der Waals surface area contributed by atoms with Crippen LogP contribution in [-0.4, -0.2) is 39.3 Å². The van der Waals surface area contributed by atoms with Gasteiger partial charge in [-0.3, -0.25) is 4.79 Å². The minimum atomic E-state index is -3.63. The summed E-state index contributed by atoms with van der Waals surface area (Å²) in [6.45, 7) is 1.27. The Morgan fingerprint density at radius 2 is 1.88 bits per heavy atom. The van der Waals surface area contributed by atoms with Gasteiger partial charge >= 0.3 is 0 Å². The molecule has 0 aromatic heterocycles.